The third-order valence-corrected chi connectivity index (χ3v) is 6.98. The fraction of sp³-hybridized carbons (Fsp3) is 1.00. The van der Waals surface area contributed by atoms with Gasteiger partial charge in [0.15, 0.2) is 0 Å². The molecule has 162 valence electrons. The first kappa shape index (κ1) is 34.4. The zero-order valence-electron chi connectivity index (χ0n) is 16.2. The molecule has 0 radical (unpaired) electrons. The van der Waals surface area contributed by atoms with Crippen LogP contribution in [-0.2, 0) is 20.2 Å². The van der Waals surface area contributed by atoms with Gasteiger partial charge in [0.25, 0.3) is 20.2 Å². The van der Waals surface area contributed by atoms with Crippen LogP contribution in [0.25, 0.3) is 0 Å². The summed E-state index contributed by atoms with van der Waals surface area (Å²) < 4.78 is 61.7. The van der Waals surface area contributed by atoms with Crippen LogP contribution in [0.15, 0.2) is 0 Å². The third-order valence-electron chi connectivity index (χ3n) is 4.70. The minimum absolute atomic E-state index is 0. The van der Waals surface area contributed by atoms with E-state index in [2.05, 4.69) is 6.92 Å². The van der Waals surface area contributed by atoms with E-state index in [1.165, 1.54) is 64.2 Å². The quantitative estimate of drug-likeness (QED) is 0.183. The molecular weight excluding hydrogens is 422 g/mol. The summed E-state index contributed by atoms with van der Waals surface area (Å²) >= 11 is 0. The van der Waals surface area contributed by atoms with Gasteiger partial charge in [0.2, 0.25) is 0 Å². The van der Waals surface area contributed by atoms with Crippen LogP contribution >= 0.6 is 0 Å². The average Bonchev–Trinajstić information content (AvgIpc) is 2.52. The first-order valence-electron chi connectivity index (χ1n) is 10.1. The van der Waals surface area contributed by atoms with Crippen molar-refractivity contribution in [1.82, 2.24) is 0 Å². The fourth-order valence-corrected chi connectivity index (χ4v) is 5.42. The summed E-state index contributed by atoms with van der Waals surface area (Å²) in [6.07, 6.45) is 16.4. The van der Waals surface area contributed by atoms with Crippen molar-refractivity contribution in [2.75, 3.05) is 5.75 Å². The van der Waals surface area contributed by atoms with Gasteiger partial charge in [-0.05, 0) is 6.42 Å². The maximum atomic E-state index is 11.2. The molecule has 0 aromatic heterocycles. The molecule has 0 saturated heterocycles. The van der Waals surface area contributed by atoms with Crippen molar-refractivity contribution < 1.29 is 25.9 Å². The molecule has 0 aromatic rings. The Morgan fingerprint density at radius 3 is 1.21 bits per heavy atom. The average molecular weight is 463 g/mol. The van der Waals surface area contributed by atoms with E-state index in [4.69, 9.17) is 9.11 Å². The molecule has 0 aliphatic rings. The normalized spacial score (nSPS) is 12.8. The van der Waals surface area contributed by atoms with E-state index in [1.807, 2.05) is 0 Å². The van der Waals surface area contributed by atoms with E-state index in [0.29, 0.717) is 6.42 Å². The molecule has 0 rings (SSSR count). The Balaban J connectivity index is -0.00000312. The number of hydrogen-bond acceptors (Lipinski definition) is 4. The topological polar surface area (TPSA) is 109 Å². The van der Waals surface area contributed by atoms with Crippen LogP contribution in [0.1, 0.15) is 103 Å². The minimum atomic E-state index is -4.46. The van der Waals surface area contributed by atoms with Crippen molar-refractivity contribution in [2.24, 2.45) is 0 Å². The van der Waals surface area contributed by atoms with Gasteiger partial charge in [-0.25, -0.2) is 0 Å². The molecule has 0 fully saturated rings. The van der Waals surface area contributed by atoms with Crippen molar-refractivity contribution in [3.8, 4) is 0 Å². The molecule has 0 heterocycles. The van der Waals surface area contributed by atoms with Gasteiger partial charge in [-0.3, -0.25) is 9.11 Å². The Morgan fingerprint density at radius 1 is 0.607 bits per heavy atom. The third kappa shape index (κ3) is 24.1. The van der Waals surface area contributed by atoms with Crippen molar-refractivity contribution in [2.45, 2.75) is 108 Å². The summed E-state index contributed by atoms with van der Waals surface area (Å²) in [6, 6.07) is 0. The summed E-state index contributed by atoms with van der Waals surface area (Å²) in [5.41, 5.74) is 0. The Labute approximate surface area is 217 Å². The number of hydrogen-bond donors (Lipinski definition) is 2. The van der Waals surface area contributed by atoms with Crippen LogP contribution in [0.5, 0.6) is 0 Å². The first-order chi connectivity index (χ1) is 12.2. The summed E-state index contributed by atoms with van der Waals surface area (Å²) in [4.78, 5) is 0. The van der Waals surface area contributed by atoms with Gasteiger partial charge in [-0.1, -0.05) is 96.8 Å². The summed E-state index contributed by atoms with van der Waals surface area (Å²) in [7, 11) is -8.87. The summed E-state index contributed by atoms with van der Waals surface area (Å²) in [5.74, 6) is -0.940. The SMILES string of the molecule is CCCCCCCCCCCCCCCCC(CS(=O)(=O)O)S(=O)(=O)O.[NaH].[NaH]. The molecule has 10 heteroatoms. The Bertz CT molecular complexity index is 538. The Hall–Kier alpha value is 1.82. The molecule has 2 N–H and O–H groups in total. The second kappa shape index (κ2) is 20.7. The molecule has 0 saturated carbocycles. The maximum absolute atomic E-state index is 11.2. The molecule has 6 nitrogen and oxygen atoms in total. The molecule has 0 aliphatic heterocycles. The van der Waals surface area contributed by atoms with E-state index in [1.54, 1.807) is 0 Å². The molecular formula is C18H40Na2O6S2. The van der Waals surface area contributed by atoms with Crippen molar-refractivity contribution in [3.63, 3.8) is 0 Å². The standard InChI is InChI=1S/C18H38O6S2.2Na.2H/c1-2-3-4-5-6-7-8-9-10-11-12-13-14-15-16-18(26(22,23)24)17-25(19,20)21;;;;/h18H,2-17H2,1H3,(H,19,20,21)(H,22,23,24);;;;. The van der Waals surface area contributed by atoms with Gasteiger partial charge in [-0.2, -0.15) is 16.8 Å². The van der Waals surface area contributed by atoms with E-state index >= 15 is 0 Å². The van der Waals surface area contributed by atoms with Gasteiger partial charge < -0.3 is 0 Å². The van der Waals surface area contributed by atoms with Crippen LogP contribution in [0.2, 0.25) is 0 Å². The van der Waals surface area contributed by atoms with Gasteiger partial charge in [0, 0.05) is 0 Å². The van der Waals surface area contributed by atoms with E-state index < -0.39 is 31.2 Å². The predicted molar refractivity (Wildman–Crippen MR) is 121 cm³/mol. The molecule has 0 amide bonds. The second-order valence-corrected chi connectivity index (χ2v) is 10.5. The zero-order valence-corrected chi connectivity index (χ0v) is 17.9. The molecule has 28 heavy (non-hydrogen) atoms. The predicted octanol–water partition coefficient (Wildman–Crippen LogP) is 3.71. The molecule has 1 unspecified atom stereocenters. The fourth-order valence-electron chi connectivity index (χ4n) is 3.12. The molecule has 0 bridgehead atoms. The van der Waals surface area contributed by atoms with Crippen LogP contribution in [0.4, 0.5) is 0 Å². The first-order valence-corrected chi connectivity index (χ1v) is 13.2. The molecule has 1 atom stereocenters. The van der Waals surface area contributed by atoms with Gasteiger partial charge in [0.05, 0.1) is 5.75 Å². The summed E-state index contributed by atoms with van der Waals surface area (Å²) in [6.45, 7) is 2.23. The van der Waals surface area contributed by atoms with Gasteiger partial charge in [0.1, 0.15) is 5.25 Å². The Morgan fingerprint density at radius 2 is 0.929 bits per heavy atom. The van der Waals surface area contributed by atoms with Crippen LogP contribution in [0, 0.1) is 0 Å². The molecule has 0 aliphatic carbocycles. The van der Waals surface area contributed by atoms with E-state index in [-0.39, 0.29) is 65.5 Å². The second-order valence-electron chi connectivity index (χ2n) is 7.27. The van der Waals surface area contributed by atoms with Gasteiger partial charge in [-0.15, -0.1) is 0 Å². The van der Waals surface area contributed by atoms with E-state index in [9.17, 15) is 16.8 Å². The van der Waals surface area contributed by atoms with Crippen LogP contribution in [0.3, 0.4) is 0 Å². The van der Waals surface area contributed by atoms with E-state index in [0.717, 1.165) is 19.3 Å². The number of rotatable bonds is 18. The zero-order chi connectivity index (χ0) is 19.9. The van der Waals surface area contributed by atoms with Crippen LogP contribution in [-0.4, -0.2) is 96.1 Å². The van der Waals surface area contributed by atoms with Crippen molar-refractivity contribution in [3.05, 3.63) is 0 Å². The Kier molecular flexibility index (Phi) is 25.5. The molecule has 0 spiro atoms. The van der Waals surface area contributed by atoms with Crippen molar-refractivity contribution >= 4 is 79.4 Å². The number of unbranched alkanes of at least 4 members (excludes halogenated alkanes) is 13. The monoisotopic (exact) mass is 462 g/mol. The van der Waals surface area contributed by atoms with Crippen molar-refractivity contribution in [1.29, 1.82) is 0 Å². The van der Waals surface area contributed by atoms with Crippen LogP contribution < -0.4 is 0 Å². The molecule has 0 aromatic carbocycles. The van der Waals surface area contributed by atoms with Gasteiger partial charge >= 0.3 is 59.1 Å². The summed E-state index contributed by atoms with van der Waals surface area (Å²) in [5, 5.41) is -1.44.